The number of aliphatic hydroxyl groups is 1. The van der Waals surface area contributed by atoms with Crippen LogP contribution in [0.4, 0.5) is 0 Å². The van der Waals surface area contributed by atoms with Crippen LogP contribution in [0.1, 0.15) is 15.9 Å². The van der Waals surface area contributed by atoms with Gasteiger partial charge in [-0.3, -0.25) is 4.79 Å². The maximum Gasteiger partial charge on any atom is 0.248 e. The number of nitrogens with two attached hydrogens (primary N) is 1. The molecule has 0 saturated heterocycles. The third kappa shape index (κ3) is 4.95. The van der Waals surface area contributed by atoms with Gasteiger partial charge in [0, 0.05) is 25.8 Å². The van der Waals surface area contributed by atoms with Crippen molar-refractivity contribution in [3.8, 4) is 0 Å². The largest absolute Gasteiger partial charge is 0.389 e. The van der Waals surface area contributed by atoms with Crippen molar-refractivity contribution in [1.29, 1.82) is 0 Å². The standard InChI is InChI=1S/C12H18N2O3/c1-17-8-11(15)7-14-6-9-2-4-10(5-3-9)12(13)16/h2-5,11,14-15H,6-8H2,1H3,(H2,13,16). The molecule has 5 nitrogen and oxygen atoms in total. The van der Waals surface area contributed by atoms with Gasteiger partial charge in [0.1, 0.15) is 0 Å². The summed E-state index contributed by atoms with van der Waals surface area (Å²) in [5.41, 5.74) is 6.66. The van der Waals surface area contributed by atoms with Gasteiger partial charge in [0.2, 0.25) is 5.91 Å². The van der Waals surface area contributed by atoms with Crippen LogP contribution in [0.15, 0.2) is 24.3 Å². The van der Waals surface area contributed by atoms with Crippen LogP contribution < -0.4 is 11.1 Å². The van der Waals surface area contributed by atoms with Gasteiger partial charge in [-0.15, -0.1) is 0 Å². The average Bonchev–Trinajstić information content (AvgIpc) is 2.30. The summed E-state index contributed by atoms with van der Waals surface area (Å²) in [6, 6.07) is 7.03. The Balaban J connectivity index is 2.34. The highest BCUT2D eigenvalue weighted by Crippen LogP contribution is 2.03. The highest BCUT2D eigenvalue weighted by atomic mass is 16.5. The van der Waals surface area contributed by atoms with Gasteiger partial charge in [-0.2, -0.15) is 0 Å². The van der Waals surface area contributed by atoms with Gasteiger partial charge in [-0.25, -0.2) is 0 Å². The molecule has 1 unspecified atom stereocenters. The molecule has 0 fully saturated rings. The van der Waals surface area contributed by atoms with E-state index >= 15 is 0 Å². The molecule has 5 heteroatoms. The molecule has 1 atom stereocenters. The molecule has 0 heterocycles. The van der Waals surface area contributed by atoms with E-state index in [1.165, 1.54) is 0 Å². The second kappa shape index (κ2) is 7.01. The molecule has 1 aromatic rings. The molecule has 94 valence electrons. The Hall–Kier alpha value is -1.43. The summed E-state index contributed by atoms with van der Waals surface area (Å²) in [4.78, 5) is 10.8. The zero-order chi connectivity index (χ0) is 12.7. The van der Waals surface area contributed by atoms with Crippen molar-refractivity contribution in [1.82, 2.24) is 5.32 Å². The zero-order valence-electron chi connectivity index (χ0n) is 9.85. The Labute approximate surface area is 101 Å². The van der Waals surface area contributed by atoms with Gasteiger partial charge in [-0.05, 0) is 17.7 Å². The third-order valence-corrected chi connectivity index (χ3v) is 2.31. The molecule has 1 rings (SSSR count). The number of carbonyl (C=O) groups excluding carboxylic acids is 1. The molecule has 0 aliphatic heterocycles. The van der Waals surface area contributed by atoms with E-state index in [9.17, 15) is 9.90 Å². The molecule has 0 saturated carbocycles. The molecule has 0 aliphatic carbocycles. The van der Waals surface area contributed by atoms with Crippen LogP contribution >= 0.6 is 0 Å². The van der Waals surface area contributed by atoms with E-state index in [0.717, 1.165) is 5.56 Å². The number of benzene rings is 1. The van der Waals surface area contributed by atoms with Crippen LogP contribution in [-0.4, -0.2) is 37.4 Å². The summed E-state index contributed by atoms with van der Waals surface area (Å²) in [6.07, 6.45) is -0.509. The SMILES string of the molecule is COCC(O)CNCc1ccc(C(N)=O)cc1. The summed E-state index contributed by atoms with van der Waals surface area (Å²) in [6.45, 7) is 1.40. The van der Waals surface area contributed by atoms with Crippen molar-refractivity contribution in [3.63, 3.8) is 0 Å². The van der Waals surface area contributed by atoms with Crippen LogP contribution in [0, 0.1) is 0 Å². The van der Waals surface area contributed by atoms with Crippen molar-refractivity contribution < 1.29 is 14.6 Å². The lowest BCUT2D eigenvalue weighted by Gasteiger charge is -2.10. The zero-order valence-corrected chi connectivity index (χ0v) is 9.85. The summed E-state index contributed by atoms with van der Waals surface area (Å²) in [7, 11) is 1.55. The third-order valence-electron chi connectivity index (χ3n) is 2.31. The number of hydrogen-bond acceptors (Lipinski definition) is 4. The van der Waals surface area contributed by atoms with Gasteiger partial charge in [0.25, 0.3) is 0 Å². The van der Waals surface area contributed by atoms with Crippen molar-refractivity contribution >= 4 is 5.91 Å². The highest BCUT2D eigenvalue weighted by molar-refractivity contribution is 5.92. The van der Waals surface area contributed by atoms with Crippen LogP contribution in [0.5, 0.6) is 0 Å². The first kappa shape index (κ1) is 13.6. The maximum atomic E-state index is 10.8. The second-order valence-corrected chi connectivity index (χ2v) is 3.80. The molecule has 0 aromatic heterocycles. The van der Waals surface area contributed by atoms with Gasteiger partial charge < -0.3 is 20.9 Å². The minimum absolute atomic E-state index is 0.313. The Morgan fingerprint density at radius 2 is 2.12 bits per heavy atom. The van der Waals surface area contributed by atoms with Gasteiger partial charge in [-0.1, -0.05) is 12.1 Å². The van der Waals surface area contributed by atoms with Gasteiger partial charge in [0.15, 0.2) is 0 Å². The number of nitrogens with one attached hydrogen (secondary N) is 1. The van der Waals surface area contributed by atoms with Crippen molar-refractivity contribution in [3.05, 3.63) is 35.4 Å². The van der Waals surface area contributed by atoms with Crippen molar-refractivity contribution in [2.24, 2.45) is 5.73 Å². The maximum absolute atomic E-state index is 10.8. The van der Waals surface area contributed by atoms with Crippen molar-refractivity contribution in [2.75, 3.05) is 20.3 Å². The van der Waals surface area contributed by atoms with E-state index in [2.05, 4.69) is 5.32 Å². The summed E-state index contributed by atoms with van der Waals surface area (Å²) >= 11 is 0. The van der Waals surface area contributed by atoms with Crippen molar-refractivity contribution in [2.45, 2.75) is 12.6 Å². The van der Waals surface area contributed by atoms with E-state index in [-0.39, 0.29) is 0 Å². The van der Waals surface area contributed by atoms with Crippen LogP contribution in [0.3, 0.4) is 0 Å². The monoisotopic (exact) mass is 238 g/mol. The lowest BCUT2D eigenvalue weighted by Crippen LogP contribution is -2.29. The number of primary amides is 1. The topological polar surface area (TPSA) is 84.6 Å². The number of carbonyl (C=O) groups is 1. The first-order chi connectivity index (χ1) is 8.13. The Kier molecular flexibility index (Phi) is 5.62. The fourth-order valence-corrected chi connectivity index (χ4v) is 1.42. The minimum atomic E-state index is -0.509. The number of rotatable bonds is 7. The Morgan fingerprint density at radius 3 is 2.65 bits per heavy atom. The van der Waals surface area contributed by atoms with E-state index in [1.807, 2.05) is 12.1 Å². The molecule has 4 N–H and O–H groups in total. The molecule has 0 spiro atoms. The van der Waals surface area contributed by atoms with Crippen LogP contribution in [0.2, 0.25) is 0 Å². The molecular formula is C12H18N2O3. The summed E-state index contributed by atoms with van der Waals surface area (Å²) in [5.74, 6) is -0.431. The lowest BCUT2D eigenvalue weighted by atomic mass is 10.1. The summed E-state index contributed by atoms with van der Waals surface area (Å²) < 4.78 is 4.81. The number of methoxy groups -OCH3 is 1. The first-order valence-electron chi connectivity index (χ1n) is 5.40. The fourth-order valence-electron chi connectivity index (χ4n) is 1.42. The van der Waals surface area contributed by atoms with Crippen LogP contribution in [-0.2, 0) is 11.3 Å². The normalized spacial score (nSPS) is 12.4. The molecule has 17 heavy (non-hydrogen) atoms. The number of aliphatic hydroxyl groups excluding tert-OH is 1. The summed E-state index contributed by atoms with van der Waals surface area (Å²) in [5, 5.41) is 12.5. The molecule has 1 amide bonds. The second-order valence-electron chi connectivity index (χ2n) is 3.80. The average molecular weight is 238 g/mol. The molecule has 0 bridgehead atoms. The van der Waals surface area contributed by atoms with E-state index < -0.39 is 12.0 Å². The highest BCUT2D eigenvalue weighted by Gasteiger charge is 2.03. The quantitative estimate of drug-likeness (QED) is 0.618. The smallest absolute Gasteiger partial charge is 0.248 e. The van der Waals surface area contributed by atoms with Crippen LogP contribution in [0.25, 0.3) is 0 Å². The number of hydrogen-bond donors (Lipinski definition) is 3. The predicted molar refractivity (Wildman–Crippen MR) is 64.5 cm³/mol. The Bertz CT molecular complexity index is 351. The molecule has 0 aliphatic rings. The van der Waals surface area contributed by atoms with E-state index in [0.29, 0.717) is 25.3 Å². The van der Waals surface area contributed by atoms with Gasteiger partial charge in [0.05, 0.1) is 12.7 Å². The fraction of sp³-hybridized carbons (Fsp3) is 0.417. The van der Waals surface area contributed by atoms with E-state index in [4.69, 9.17) is 10.5 Å². The number of ether oxygens (including phenoxy) is 1. The predicted octanol–water partition coefficient (Wildman–Crippen LogP) is -0.118. The first-order valence-corrected chi connectivity index (χ1v) is 5.40. The van der Waals surface area contributed by atoms with Gasteiger partial charge >= 0.3 is 0 Å². The molecule has 0 radical (unpaired) electrons. The lowest BCUT2D eigenvalue weighted by molar-refractivity contribution is 0.0644. The Morgan fingerprint density at radius 1 is 1.47 bits per heavy atom. The molecule has 1 aromatic carbocycles. The molecular weight excluding hydrogens is 220 g/mol. The van der Waals surface area contributed by atoms with E-state index in [1.54, 1.807) is 19.2 Å². The number of amides is 1. The minimum Gasteiger partial charge on any atom is -0.389 e.